The molecule has 2 aliphatic rings. The lowest BCUT2D eigenvalue weighted by Crippen LogP contribution is -2.45. The molecule has 0 aliphatic carbocycles. The van der Waals surface area contributed by atoms with Gasteiger partial charge in [-0.25, -0.2) is 4.39 Å². The topological polar surface area (TPSA) is 38.8 Å². The van der Waals surface area contributed by atoms with Crippen LogP contribution in [0.5, 0.6) is 0 Å². The Morgan fingerprint density at radius 1 is 1.12 bits per heavy atom. The van der Waals surface area contributed by atoms with Crippen molar-refractivity contribution in [3.05, 3.63) is 29.6 Å². The van der Waals surface area contributed by atoms with Gasteiger partial charge in [0.2, 0.25) is 0 Å². The van der Waals surface area contributed by atoms with Gasteiger partial charge in [0.25, 0.3) is 5.91 Å². The summed E-state index contributed by atoms with van der Waals surface area (Å²) < 4.78 is 27.1. The first-order valence-electron chi connectivity index (χ1n) is 9.37. The second-order valence-corrected chi connectivity index (χ2v) is 9.29. The van der Waals surface area contributed by atoms with Crippen molar-refractivity contribution in [2.75, 3.05) is 13.1 Å². The Bertz CT molecular complexity index is 701. The fourth-order valence-corrected chi connectivity index (χ4v) is 3.63. The molecule has 2 saturated heterocycles. The van der Waals surface area contributed by atoms with Gasteiger partial charge >= 0.3 is 7.12 Å². The molecule has 1 aromatic rings. The Morgan fingerprint density at radius 2 is 1.73 bits per heavy atom. The van der Waals surface area contributed by atoms with Gasteiger partial charge in [-0.05, 0) is 52.0 Å². The normalized spacial score (nSPS) is 24.0. The molecule has 2 fully saturated rings. The molecule has 0 radical (unpaired) electrons. The highest BCUT2D eigenvalue weighted by Crippen LogP contribution is 2.37. The van der Waals surface area contributed by atoms with Crippen LogP contribution in [0.1, 0.15) is 64.7 Å². The van der Waals surface area contributed by atoms with Crippen LogP contribution in [0.15, 0.2) is 18.2 Å². The summed E-state index contributed by atoms with van der Waals surface area (Å²) in [4.78, 5) is 14.7. The molecular weight excluding hydrogens is 332 g/mol. The number of carbonyl (C=O) groups excluding carboxylic acids is 1. The van der Waals surface area contributed by atoms with Gasteiger partial charge in [-0.1, -0.05) is 26.0 Å². The van der Waals surface area contributed by atoms with Gasteiger partial charge in [-0.15, -0.1) is 0 Å². The number of piperidine rings is 1. The average molecular weight is 361 g/mol. The zero-order chi connectivity index (χ0) is 19.3. The smallest absolute Gasteiger partial charge is 0.399 e. The number of carbonyl (C=O) groups is 1. The van der Waals surface area contributed by atoms with Crippen LogP contribution in [0.25, 0.3) is 0 Å². The summed E-state index contributed by atoms with van der Waals surface area (Å²) in [6.45, 7) is 13.3. The zero-order valence-electron chi connectivity index (χ0n) is 16.7. The van der Waals surface area contributed by atoms with Crippen molar-refractivity contribution in [3.8, 4) is 0 Å². The molecule has 3 rings (SSSR count). The molecule has 0 aromatic heterocycles. The third kappa shape index (κ3) is 3.41. The molecule has 2 heterocycles. The lowest BCUT2D eigenvalue weighted by molar-refractivity contribution is 0.00578. The number of likely N-dealkylation sites (tertiary alicyclic amines) is 1. The highest BCUT2D eigenvalue weighted by atomic mass is 19.1. The van der Waals surface area contributed by atoms with Crippen molar-refractivity contribution < 1.29 is 18.5 Å². The lowest BCUT2D eigenvalue weighted by atomic mass is 9.77. The van der Waals surface area contributed by atoms with Crippen molar-refractivity contribution in [3.63, 3.8) is 0 Å². The fourth-order valence-electron chi connectivity index (χ4n) is 3.63. The molecule has 0 bridgehead atoms. The summed E-state index contributed by atoms with van der Waals surface area (Å²) in [5.41, 5.74) is -0.670. The molecule has 26 heavy (non-hydrogen) atoms. The van der Waals surface area contributed by atoms with E-state index in [4.69, 9.17) is 9.31 Å². The van der Waals surface area contributed by atoms with Crippen LogP contribution in [0.3, 0.4) is 0 Å². The monoisotopic (exact) mass is 361 g/mol. The van der Waals surface area contributed by atoms with Crippen LogP contribution < -0.4 is 5.46 Å². The van der Waals surface area contributed by atoms with Gasteiger partial charge in [0, 0.05) is 18.6 Å². The summed E-state index contributed by atoms with van der Waals surface area (Å²) in [5, 5.41) is 0. The van der Waals surface area contributed by atoms with Gasteiger partial charge in [-0.2, -0.15) is 0 Å². The first kappa shape index (κ1) is 19.4. The minimum absolute atomic E-state index is 0.0632. The first-order valence-corrected chi connectivity index (χ1v) is 9.37. The Balaban J connectivity index is 1.88. The summed E-state index contributed by atoms with van der Waals surface area (Å²) in [5.74, 6) is -0.798. The van der Waals surface area contributed by atoms with Crippen molar-refractivity contribution >= 4 is 18.5 Å². The number of nitrogens with zero attached hydrogens (tertiary/aromatic N) is 1. The van der Waals surface area contributed by atoms with Gasteiger partial charge in [0.1, 0.15) is 5.82 Å². The van der Waals surface area contributed by atoms with Gasteiger partial charge in [0.15, 0.2) is 0 Å². The summed E-state index contributed by atoms with van der Waals surface area (Å²) >= 11 is 0. The maximum absolute atomic E-state index is 15.2. The summed E-state index contributed by atoms with van der Waals surface area (Å²) in [7, 11) is -0.814. The highest BCUT2D eigenvalue weighted by molar-refractivity contribution is 6.62. The molecule has 2 aliphatic heterocycles. The SMILES string of the molecule is CC1(C)CCCN(C(=O)c2cccc(B3OC(C)(C)C(C)(C)O3)c2F)C1. The van der Waals surface area contributed by atoms with Crippen molar-refractivity contribution in [1.29, 1.82) is 0 Å². The van der Waals surface area contributed by atoms with E-state index in [1.165, 1.54) is 0 Å². The number of benzene rings is 1. The van der Waals surface area contributed by atoms with E-state index in [2.05, 4.69) is 13.8 Å². The molecule has 0 atom stereocenters. The molecule has 0 saturated carbocycles. The van der Waals surface area contributed by atoms with Gasteiger partial charge < -0.3 is 14.2 Å². The van der Waals surface area contributed by atoms with Gasteiger partial charge in [0.05, 0.1) is 16.8 Å². The van der Waals surface area contributed by atoms with Crippen LogP contribution in [-0.2, 0) is 9.31 Å². The largest absolute Gasteiger partial charge is 0.497 e. The highest BCUT2D eigenvalue weighted by Gasteiger charge is 2.52. The Kier molecular flexibility index (Phi) is 4.73. The molecule has 0 spiro atoms. The standard InChI is InChI=1S/C20H29BFNO3/c1-18(2)11-8-12-23(13-18)17(24)14-9-7-10-15(16(14)22)21-25-19(3,4)20(5,6)26-21/h7,9-10H,8,11-13H2,1-6H3. The van der Waals surface area contributed by atoms with Crippen LogP contribution >= 0.6 is 0 Å². The quantitative estimate of drug-likeness (QED) is 0.758. The Hall–Kier alpha value is -1.40. The van der Waals surface area contributed by atoms with Crippen molar-refractivity contribution in [2.24, 2.45) is 5.41 Å². The minimum Gasteiger partial charge on any atom is -0.399 e. The van der Waals surface area contributed by atoms with Crippen molar-refractivity contribution in [2.45, 2.75) is 65.6 Å². The van der Waals surface area contributed by atoms with Crippen LogP contribution in [0.2, 0.25) is 0 Å². The van der Waals surface area contributed by atoms with Crippen molar-refractivity contribution in [1.82, 2.24) is 4.90 Å². The van der Waals surface area contributed by atoms with E-state index in [1.54, 1.807) is 23.1 Å². The van der Waals surface area contributed by atoms with E-state index in [0.29, 0.717) is 13.1 Å². The summed E-state index contributed by atoms with van der Waals surface area (Å²) in [6, 6.07) is 4.88. The summed E-state index contributed by atoms with van der Waals surface area (Å²) in [6.07, 6.45) is 2.02. The van der Waals surface area contributed by atoms with Crippen LogP contribution in [0, 0.1) is 11.2 Å². The van der Waals surface area contributed by atoms with E-state index < -0.39 is 24.1 Å². The first-order chi connectivity index (χ1) is 11.9. The van der Waals surface area contributed by atoms with E-state index in [9.17, 15) is 4.79 Å². The number of rotatable bonds is 2. The maximum atomic E-state index is 15.2. The van der Waals surface area contributed by atoms with E-state index in [0.717, 1.165) is 12.8 Å². The van der Waals surface area contributed by atoms with Crippen LogP contribution in [0.4, 0.5) is 4.39 Å². The third-order valence-corrected chi connectivity index (χ3v) is 5.95. The maximum Gasteiger partial charge on any atom is 0.497 e. The molecule has 4 nitrogen and oxygen atoms in total. The van der Waals surface area contributed by atoms with E-state index >= 15 is 4.39 Å². The zero-order valence-corrected chi connectivity index (χ0v) is 16.7. The van der Waals surface area contributed by atoms with E-state index in [1.807, 2.05) is 27.7 Å². The third-order valence-electron chi connectivity index (χ3n) is 5.95. The predicted octanol–water partition coefficient (Wildman–Crippen LogP) is 3.39. The number of hydrogen-bond donors (Lipinski definition) is 0. The molecule has 0 N–H and O–H groups in total. The fraction of sp³-hybridized carbons (Fsp3) is 0.650. The molecule has 6 heteroatoms. The predicted molar refractivity (Wildman–Crippen MR) is 101 cm³/mol. The molecule has 1 aromatic carbocycles. The van der Waals surface area contributed by atoms with Gasteiger partial charge in [-0.3, -0.25) is 4.79 Å². The Labute approximate surface area is 156 Å². The molecule has 0 unspecified atom stereocenters. The number of hydrogen-bond acceptors (Lipinski definition) is 3. The molecule has 1 amide bonds. The number of halogens is 1. The minimum atomic E-state index is -0.814. The lowest BCUT2D eigenvalue weighted by Gasteiger charge is -2.38. The van der Waals surface area contributed by atoms with E-state index in [-0.39, 0.29) is 22.3 Å². The second-order valence-electron chi connectivity index (χ2n) is 9.29. The van der Waals surface area contributed by atoms with Crippen LogP contribution in [-0.4, -0.2) is 42.2 Å². The molecular formula is C20H29BFNO3. The number of amides is 1. The average Bonchev–Trinajstić information content (AvgIpc) is 2.74. The second kappa shape index (κ2) is 6.34. The Morgan fingerprint density at radius 3 is 2.31 bits per heavy atom. The molecule has 142 valence electrons.